The van der Waals surface area contributed by atoms with E-state index >= 15 is 0 Å². The predicted molar refractivity (Wildman–Crippen MR) is 65.8 cm³/mol. The van der Waals surface area contributed by atoms with E-state index in [1.807, 2.05) is 54.6 Å². The number of thiol groups is 1. The van der Waals surface area contributed by atoms with E-state index in [0.717, 1.165) is 17.1 Å². The minimum absolute atomic E-state index is 0.733. The molecule has 0 unspecified atom stereocenters. The maximum absolute atomic E-state index is 4.79. The lowest BCUT2D eigenvalue weighted by Gasteiger charge is -2.06. The SMILES string of the molecule is SOc1ccc(Nc2ccccc2)cc1. The molecule has 0 amide bonds. The smallest absolute Gasteiger partial charge is 0.137 e. The van der Waals surface area contributed by atoms with Crippen molar-refractivity contribution in [2.24, 2.45) is 0 Å². The first-order chi connectivity index (χ1) is 7.38. The van der Waals surface area contributed by atoms with E-state index in [1.54, 1.807) is 0 Å². The Morgan fingerprint density at radius 2 is 1.40 bits per heavy atom. The van der Waals surface area contributed by atoms with Gasteiger partial charge in [0.15, 0.2) is 0 Å². The summed E-state index contributed by atoms with van der Waals surface area (Å²) < 4.78 is 4.79. The topological polar surface area (TPSA) is 21.3 Å². The molecule has 0 fully saturated rings. The highest BCUT2D eigenvalue weighted by Crippen LogP contribution is 2.20. The lowest BCUT2D eigenvalue weighted by atomic mass is 10.2. The predicted octanol–water partition coefficient (Wildman–Crippen LogP) is 3.65. The Balaban J connectivity index is 2.11. The van der Waals surface area contributed by atoms with Crippen LogP contribution in [0.15, 0.2) is 54.6 Å². The summed E-state index contributed by atoms with van der Waals surface area (Å²) in [4.78, 5) is 0. The molecule has 0 saturated heterocycles. The largest absolute Gasteiger partial charge is 0.429 e. The van der Waals surface area contributed by atoms with Crippen LogP contribution in [-0.2, 0) is 0 Å². The van der Waals surface area contributed by atoms with E-state index in [0.29, 0.717) is 0 Å². The average Bonchev–Trinajstić information content (AvgIpc) is 2.31. The van der Waals surface area contributed by atoms with Gasteiger partial charge in [0.1, 0.15) is 5.75 Å². The zero-order valence-electron chi connectivity index (χ0n) is 8.05. The van der Waals surface area contributed by atoms with Gasteiger partial charge in [-0.15, -0.1) is 0 Å². The van der Waals surface area contributed by atoms with Crippen LogP contribution in [0.5, 0.6) is 5.75 Å². The van der Waals surface area contributed by atoms with Crippen molar-refractivity contribution in [3.63, 3.8) is 0 Å². The van der Waals surface area contributed by atoms with Crippen LogP contribution >= 0.6 is 12.9 Å². The Bertz CT molecular complexity index is 413. The summed E-state index contributed by atoms with van der Waals surface area (Å²) in [6.45, 7) is 0. The number of benzene rings is 2. The molecule has 3 heteroatoms. The molecule has 2 aromatic rings. The molecular weight excluding hydrogens is 206 g/mol. The molecule has 0 aromatic heterocycles. The summed E-state index contributed by atoms with van der Waals surface area (Å²) in [6.07, 6.45) is 0. The minimum Gasteiger partial charge on any atom is -0.429 e. The van der Waals surface area contributed by atoms with E-state index in [9.17, 15) is 0 Å². The van der Waals surface area contributed by atoms with Crippen molar-refractivity contribution in [3.05, 3.63) is 54.6 Å². The van der Waals surface area contributed by atoms with E-state index in [2.05, 4.69) is 18.2 Å². The van der Waals surface area contributed by atoms with Crippen LogP contribution in [0.2, 0.25) is 0 Å². The lowest BCUT2D eigenvalue weighted by molar-refractivity contribution is 0.659. The van der Waals surface area contributed by atoms with Crippen molar-refractivity contribution in [2.75, 3.05) is 5.32 Å². The molecule has 0 aliphatic rings. The number of para-hydroxylation sites is 1. The highest BCUT2D eigenvalue weighted by atomic mass is 32.1. The highest BCUT2D eigenvalue weighted by molar-refractivity contribution is 7.75. The zero-order valence-corrected chi connectivity index (χ0v) is 8.95. The Morgan fingerprint density at radius 1 is 0.800 bits per heavy atom. The molecule has 2 nitrogen and oxygen atoms in total. The maximum atomic E-state index is 4.79. The Kier molecular flexibility index (Phi) is 3.15. The first-order valence-corrected chi connectivity index (χ1v) is 4.98. The zero-order chi connectivity index (χ0) is 10.5. The summed E-state index contributed by atoms with van der Waals surface area (Å²) in [5.74, 6) is 0.733. The second-order valence-corrected chi connectivity index (χ2v) is 3.29. The van der Waals surface area contributed by atoms with Gasteiger partial charge in [-0.2, -0.15) is 0 Å². The number of anilines is 2. The normalized spacial score (nSPS) is 9.67. The number of rotatable bonds is 3. The Hall–Kier alpha value is -1.61. The second-order valence-electron chi connectivity index (χ2n) is 3.11. The van der Waals surface area contributed by atoms with Gasteiger partial charge in [-0.1, -0.05) is 18.2 Å². The molecular formula is C12H11NOS. The fourth-order valence-corrected chi connectivity index (χ4v) is 1.41. The van der Waals surface area contributed by atoms with Crippen molar-refractivity contribution in [1.29, 1.82) is 0 Å². The van der Waals surface area contributed by atoms with Crippen molar-refractivity contribution < 1.29 is 4.18 Å². The van der Waals surface area contributed by atoms with Crippen LogP contribution in [0.25, 0.3) is 0 Å². The monoisotopic (exact) mass is 217 g/mol. The molecule has 2 rings (SSSR count). The molecule has 0 aliphatic heterocycles. The van der Waals surface area contributed by atoms with Gasteiger partial charge in [0.05, 0.1) is 0 Å². The van der Waals surface area contributed by atoms with Crippen LogP contribution in [0.4, 0.5) is 11.4 Å². The molecule has 0 radical (unpaired) electrons. The molecule has 15 heavy (non-hydrogen) atoms. The van der Waals surface area contributed by atoms with Gasteiger partial charge in [0.25, 0.3) is 0 Å². The lowest BCUT2D eigenvalue weighted by Crippen LogP contribution is -1.88. The highest BCUT2D eigenvalue weighted by Gasteiger charge is 1.94. The summed E-state index contributed by atoms with van der Waals surface area (Å²) in [6, 6.07) is 17.6. The molecule has 0 heterocycles. The van der Waals surface area contributed by atoms with E-state index in [-0.39, 0.29) is 0 Å². The first kappa shape index (κ1) is 9.93. The quantitative estimate of drug-likeness (QED) is 0.605. The summed E-state index contributed by atoms with van der Waals surface area (Å²) in [7, 11) is 0. The number of hydrogen-bond acceptors (Lipinski definition) is 3. The molecule has 1 N–H and O–H groups in total. The van der Waals surface area contributed by atoms with Gasteiger partial charge < -0.3 is 9.50 Å². The molecule has 76 valence electrons. The van der Waals surface area contributed by atoms with Crippen molar-refractivity contribution >= 4 is 24.3 Å². The Morgan fingerprint density at radius 3 is 2.00 bits per heavy atom. The van der Waals surface area contributed by atoms with Gasteiger partial charge in [-0.05, 0) is 36.4 Å². The molecule has 2 aromatic carbocycles. The Labute approximate surface area is 94.5 Å². The van der Waals surface area contributed by atoms with Crippen molar-refractivity contribution in [1.82, 2.24) is 0 Å². The van der Waals surface area contributed by atoms with Gasteiger partial charge in [0, 0.05) is 24.3 Å². The molecule has 0 bridgehead atoms. The molecule has 0 saturated carbocycles. The van der Waals surface area contributed by atoms with Crippen LogP contribution in [-0.4, -0.2) is 0 Å². The van der Waals surface area contributed by atoms with E-state index in [1.165, 1.54) is 0 Å². The van der Waals surface area contributed by atoms with Crippen LogP contribution in [0, 0.1) is 0 Å². The van der Waals surface area contributed by atoms with Gasteiger partial charge in [-0.3, -0.25) is 0 Å². The average molecular weight is 217 g/mol. The van der Waals surface area contributed by atoms with E-state index < -0.39 is 0 Å². The van der Waals surface area contributed by atoms with Crippen LogP contribution in [0.3, 0.4) is 0 Å². The minimum atomic E-state index is 0.733. The van der Waals surface area contributed by atoms with Crippen LogP contribution in [0.1, 0.15) is 0 Å². The fraction of sp³-hybridized carbons (Fsp3) is 0. The maximum Gasteiger partial charge on any atom is 0.137 e. The standard InChI is InChI=1S/C12H11NOS/c15-14-12-8-6-11(7-9-12)13-10-4-2-1-3-5-10/h1-9,13,15H. The van der Waals surface area contributed by atoms with Gasteiger partial charge in [0.2, 0.25) is 0 Å². The third kappa shape index (κ3) is 2.67. The summed E-state index contributed by atoms with van der Waals surface area (Å²) in [5.41, 5.74) is 2.09. The number of hydrogen-bond donors (Lipinski definition) is 2. The molecule has 0 atom stereocenters. The third-order valence-corrected chi connectivity index (χ3v) is 2.23. The second kappa shape index (κ2) is 4.75. The third-order valence-electron chi connectivity index (χ3n) is 2.02. The molecule has 0 spiro atoms. The van der Waals surface area contributed by atoms with Crippen molar-refractivity contribution in [3.8, 4) is 5.75 Å². The van der Waals surface area contributed by atoms with Gasteiger partial charge >= 0.3 is 0 Å². The number of nitrogens with one attached hydrogen (secondary N) is 1. The first-order valence-electron chi connectivity index (χ1n) is 4.62. The van der Waals surface area contributed by atoms with Crippen molar-refractivity contribution in [2.45, 2.75) is 0 Å². The summed E-state index contributed by atoms with van der Waals surface area (Å²) >= 11 is 3.72. The molecule has 0 aliphatic carbocycles. The fourth-order valence-electron chi connectivity index (χ4n) is 1.29. The van der Waals surface area contributed by atoms with Crippen LogP contribution < -0.4 is 9.50 Å². The van der Waals surface area contributed by atoms with E-state index in [4.69, 9.17) is 4.18 Å². The van der Waals surface area contributed by atoms with Gasteiger partial charge in [-0.25, -0.2) is 0 Å². The summed E-state index contributed by atoms with van der Waals surface area (Å²) in [5, 5.41) is 3.27.